The lowest BCUT2D eigenvalue weighted by molar-refractivity contribution is 0.261. The maximum atomic E-state index is 12.9. The van der Waals surface area contributed by atoms with Gasteiger partial charge in [0.05, 0.1) is 30.9 Å². The number of hydrogen-bond acceptors (Lipinski definition) is 7. The van der Waals surface area contributed by atoms with E-state index in [9.17, 15) is 8.42 Å². The molecule has 160 valence electrons. The van der Waals surface area contributed by atoms with Crippen LogP contribution in [0.3, 0.4) is 0 Å². The molecule has 0 atom stereocenters. The van der Waals surface area contributed by atoms with Gasteiger partial charge in [-0.05, 0) is 50.6 Å². The topological polar surface area (TPSA) is 106 Å². The van der Waals surface area contributed by atoms with Crippen molar-refractivity contribution in [1.82, 2.24) is 9.19 Å². The van der Waals surface area contributed by atoms with E-state index in [0.29, 0.717) is 48.2 Å². The molecule has 3 aromatic rings. The number of anilines is 1. The maximum Gasteiger partial charge on any atom is 0.283 e. The molecular weight excluding hydrogens is 406 g/mol. The van der Waals surface area contributed by atoms with E-state index in [1.165, 1.54) is 18.3 Å². The van der Waals surface area contributed by atoms with Gasteiger partial charge in [0.1, 0.15) is 0 Å². The molecule has 8 nitrogen and oxygen atoms in total. The molecule has 0 radical (unpaired) electrons. The number of nitrogens with zero attached hydrogens (tertiary/aromatic N) is 2. The molecule has 0 aliphatic rings. The smallest absolute Gasteiger partial charge is 0.283 e. The molecule has 0 saturated heterocycles. The van der Waals surface area contributed by atoms with E-state index in [2.05, 4.69) is 5.10 Å². The Hall–Kier alpha value is -3.20. The Morgan fingerprint density at radius 2 is 1.50 bits per heavy atom. The minimum absolute atomic E-state index is 0.0727. The van der Waals surface area contributed by atoms with Crippen LogP contribution >= 0.6 is 0 Å². The van der Waals surface area contributed by atoms with Crippen molar-refractivity contribution < 1.29 is 22.6 Å². The summed E-state index contributed by atoms with van der Waals surface area (Å²) >= 11 is 0. The highest BCUT2D eigenvalue weighted by atomic mass is 32.2. The van der Waals surface area contributed by atoms with Crippen LogP contribution in [-0.2, 0) is 10.0 Å². The van der Waals surface area contributed by atoms with Gasteiger partial charge < -0.3 is 19.9 Å². The van der Waals surface area contributed by atoms with Crippen LogP contribution in [0.1, 0.15) is 20.8 Å². The van der Waals surface area contributed by atoms with Gasteiger partial charge in [-0.2, -0.15) is 12.5 Å². The SMILES string of the molecule is CCOc1cc(-c2cn(S(=O)(=O)c3ccccc3)nc2N)cc(OCC)c1OCC. The second-order valence-electron chi connectivity index (χ2n) is 6.22. The molecule has 2 N–H and O–H groups in total. The van der Waals surface area contributed by atoms with Crippen LogP contribution in [0, 0.1) is 0 Å². The van der Waals surface area contributed by atoms with Crippen LogP contribution in [0.4, 0.5) is 5.82 Å². The van der Waals surface area contributed by atoms with Crippen LogP contribution in [0.2, 0.25) is 0 Å². The molecule has 3 rings (SSSR count). The molecule has 0 amide bonds. The van der Waals surface area contributed by atoms with Crippen molar-refractivity contribution in [2.75, 3.05) is 25.6 Å². The summed E-state index contributed by atoms with van der Waals surface area (Å²) in [6.07, 6.45) is 1.39. The molecule has 0 saturated carbocycles. The van der Waals surface area contributed by atoms with Crippen LogP contribution < -0.4 is 19.9 Å². The molecule has 0 spiro atoms. The van der Waals surface area contributed by atoms with Crippen LogP contribution in [0.5, 0.6) is 17.2 Å². The highest BCUT2D eigenvalue weighted by molar-refractivity contribution is 7.89. The molecule has 0 unspecified atom stereocenters. The van der Waals surface area contributed by atoms with Gasteiger partial charge in [-0.25, -0.2) is 0 Å². The number of nitrogen functional groups attached to an aromatic ring is 1. The number of aromatic nitrogens is 2. The minimum Gasteiger partial charge on any atom is -0.490 e. The first-order valence-electron chi connectivity index (χ1n) is 9.64. The normalized spacial score (nSPS) is 11.3. The van der Waals surface area contributed by atoms with Gasteiger partial charge in [-0.15, -0.1) is 5.10 Å². The van der Waals surface area contributed by atoms with Crippen molar-refractivity contribution in [3.05, 3.63) is 48.7 Å². The van der Waals surface area contributed by atoms with E-state index in [-0.39, 0.29) is 10.7 Å². The van der Waals surface area contributed by atoms with Gasteiger partial charge in [0.2, 0.25) is 5.75 Å². The largest absolute Gasteiger partial charge is 0.490 e. The Morgan fingerprint density at radius 3 is 2.03 bits per heavy atom. The summed E-state index contributed by atoms with van der Waals surface area (Å²) in [4.78, 5) is 0.121. The monoisotopic (exact) mass is 431 g/mol. The second-order valence-corrected chi connectivity index (χ2v) is 8.01. The number of nitrogens with two attached hydrogens (primary N) is 1. The third-order valence-electron chi connectivity index (χ3n) is 4.23. The number of ether oxygens (including phenoxy) is 3. The summed E-state index contributed by atoms with van der Waals surface area (Å²) in [7, 11) is -3.87. The van der Waals surface area contributed by atoms with Crippen LogP contribution in [0.25, 0.3) is 11.1 Å². The first-order valence-corrected chi connectivity index (χ1v) is 11.1. The Balaban J connectivity index is 2.12. The number of hydrogen-bond donors (Lipinski definition) is 1. The van der Waals surface area contributed by atoms with Crippen molar-refractivity contribution >= 4 is 15.8 Å². The molecular formula is C21H25N3O5S. The molecule has 0 fully saturated rings. The highest BCUT2D eigenvalue weighted by Crippen LogP contribution is 2.43. The fraction of sp³-hybridized carbons (Fsp3) is 0.286. The summed E-state index contributed by atoms with van der Waals surface area (Å²) in [6, 6.07) is 11.5. The van der Waals surface area contributed by atoms with Crippen molar-refractivity contribution in [3.8, 4) is 28.4 Å². The Kier molecular flexibility index (Phi) is 6.51. The predicted octanol–water partition coefficient (Wildman–Crippen LogP) is 3.57. The maximum absolute atomic E-state index is 12.9. The van der Waals surface area contributed by atoms with E-state index >= 15 is 0 Å². The lowest BCUT2D eigenvalue weighted by atomic mass is 10.1. The lowest BCUT2D eigenvalue weighted by Gasteiger charge is -2.17. The average molecular weight is 432 g/mol. The molecule has 1 heterocycles. The summed E-state index contributed by atoms with van der Waals surface area (Å²) in [5.74, 6) is 1.54. The first kappa shape index (κ1) is 21.5. The van der Waals surface area contributed by atoms with Crippen molar-refractivity contribution in [2.45, 2.75) is 25.7 Å². The van der Waals surface area contributed by atoms with Gasteiger partial charge in [-0.3, -0.25) is 0 Å². The zero-order chi connectivity index (χ0) is 21.7. The van der Waals surface area contributed by atoms with Crippen molar-refractivity contribution in [3.63, 3.8) is 0 Å². The first-order chi connectivity index (χ1) is 14.4. The van der Waals surface area contributed by atoms with E-state index in [1.54, 1.807) is 30.3 Å². The molecule has 1 aromatic heterocycles. The fourth-order valence-corrected chi connectivity index (χ4v) is 4.11. The van der Waals surface area contributed by atoms with Gasteiger partial charge >= 0.3 is 0 Å². The highest BCUT2D eigenvalue weighted by Gasteiger charge is 2.23. The molecule has 0 aliphatic heterocycles. The zero-order valence-corrected chi connectivity index (χ0v) is 18.0. The molecule has 9 heteroatoms. The Morgan fingerprint density at radius 1 is 0.933 bits per heavy atom. The van der Waals surface area contributed by atoms with E-state index in [0.717, 1.165) is 4.09 Å². The second kappa shape index (κ2) is 9.08. The van der Waals surface area contributed by atoms with Crippen LogP contribution in [-0.4, -0.2) is 37.4 Å². The Labute approximate surface area is 176 Å². The summed E-state index contributed by atoms with van der Waals surface area (Å²) in [5, 5.41) is 4.04. The summed E-state index contributed by atoms with van der Waals surface area (Å²) in [5.41, 5.74) is 7.14. The number of rotatable bonds is 9. The predicted molar refractivity (Wildman–Crippen MR) is 115 cm³/mol. The van der Waals surface area contributed by atoms with E-state index in [1.807, 2.05) is 20.8 Å². The van der Waals surface area contributed by atoms with E-state index < -0.39 is 10.0 Å². The summed E-state index contributed by atoms with van der Waals surface area (Å²) in [6.45, 7) is 6.88. The molecule has 0 bridgehead atoms. The zero-order valence-electron chi connectivity index (χ0n) is 17.2. The quantitative estimate of drug-likeness (QED) is 0.552. The van der Waals surface area contributed by atoms with Crippen molar-refractivity contribution in [1.29, 1.82) is 0 Å². The van der Waals surface area contributed by atoms with Gasteiger partial charge in [-0.1, -0.05) is 18.2 Å². The van der Waals surface area contributed by atoms with Crippen LogP contribution in [0.15, 0.2) is 53.6 Å². The Bertz CT molecular complexity index is 1080. The molecule has 2 aromatic carbocycles. The van der Waals surface area contributed by atoms with Gasteiger partial charge in [0, 0.05) is 5.56 Å². The van der Waals surface area contributed by atoms with E-state index in [4.69, 9.17) is 19.9 Å². The van der Waals surface area contributed by atoms with Gasteiger partial charge in [0.25, 0.3) is 10.0 Å². The van der Waals surface area contributed by atoms with Gasteiger partial charge in [0.15, 0.2) is 17.3 Å². The third kappa shape index (κ3) is 4.20. The molecule has 30 heavy (non-hydrogen) atoms. The third-order valence-corrected chi connectivity index (χ3v) is 5.78. The standard InChI is InChI=1S/C21H25N3O5S/c1-4-27-18-12-15(13-19(28-5-2)20(18)29-6-3)17-14-24(23-21(17)22)30(25,26)16-10-8-7-9-11-16/h7-14H,4-6H2,1-3H3,(H2,22,23). The average Bonchev–Trinajstić information content (AvgIpc) is 3.14. The fourth-order valence-electron chi connectivity index (χ4n) is 2.96. The van der Waals surface area contributed by atoms with Crippen molar-refractivity contribution in [2.24, 2.45) is 0 Å². The lowest BCUT2D eigenvalue weighted by Crippen LogP contribution is -2.13. The number of benzene rings is 2. The minimum atomic E-state index is -3.87. The molecule has 0 aliphatic carbocycles. The summed E-state index contributed by atoms with van der Waals surface area (Å²) < 4.78 is 43.8.